The summed E-state index contributed by atoms with van der Waals surface area (Å²) >= 11 is 0. The lowest BCUT2D eigenvalue weighted by atomic mass is 10.2. The summed E-state index contributed by atoms with van der Waals surface area (Å²) in [5, 5.41) is 10.9. The topological polar surface area (TPSA) is 74.0 Å². The fourth-order valence-corrected chi connectivity index (χ4v) is 1.91. The molecule has 0 heterocycles. The van der Waals surface area contributed by atoms with Gasteiger partial charge in [-0.1, -0.05) is 12.1 Å². The molecule has 0 radical (unpaired) electrons. The van der Waals surface area contributed by atoms with Crippen molar-refractivity contribution >= 4 is 17.6 Å². The lowest BCUT2D eigenvalue weighted by Gasteiger charge is -2.07. The van der Waals surface area contributed by atoms with E-state index in [-0.39, 0.29) is 5.69 Å². The van der Waals surface area contributed by atoms with Crippen LogP contribution in [0, 0.1) is 10.1 Å². The molecule has 0 amide bonds. The van der Waals surface area contributed by atoms with Gasteiger partial charge in [-0.05, 0) is 25.1 Å². The van der Waals surface area contributed by atoms with Crippen molar-refractivity contribution in [3.63, 3.8) is 0 Å². The molecule has 0 aromatic heterocycles. The molecule has 0 unspecified atom stereocenters. The number of rotatable bonds is 6. The van der Waals surface area contributed by atoms with Gasteiger partial charge in [0.25, 0.3) is 5.69 Å². The van der Waals surface area contributed by atoms with Crippen LogP contribution in [0.5, 0.6) is 11.5 Å². The van der Waals surface area contributed by atoms with Gasteiger partial charge in [-0.2, -0.15) is 0 Å². The van der Waals surface area contributed by atoms with Crippen LogP contribution in [0.15, 0.2) is 47.5 Å². The second-order valence-corrected chi connectivity index (χ2v) is 4.34. The summed E-state index contributed by atoms with van der Waals surface area (Å²) in [7, 11) is 1.49. The quantitative estimate of drug-likeness (QED) is 0.462. The van der Waals surface area contributed by atoms with Crippen molar-refractivity contribution in [1.29, 1.82) is 0 Å². The summed E-state index contributed by atoms with van der Waals surface area (Å²) in [5.74, 6) is 1.17. The van der Waals surface area contributed by atoms with Crippen LogP contribution in [0.25, 0.3) is 0 Å². The third-order valence-corrected chi connectivity index (χ3v) is 2.93. The Morgan fingerprint density at radius 1 is 1.23 bits per heavy atom. The van der Waals surface area contributed by atoms with Gasteiger partial charge >= 0.3 is 0 Å². The molecule has 2 aromatic rings. The van der Waals surface area contributed by atoms with E-state index in [9.17, 15) is 10.1 Å². The van der Waals surface area contributed by atoms with Crippen molar-refractivity contribution in [3.05, 3.63) is 58.1 Å². The number of nitro benzene ring substituents is 1. The van der Waals surface area contributed by atoms with Crippen molar-refractivity contribution in [1.82, 2.24) is 0 Å². The highest BCUT2D eigenvalue weighted by Gasteiger charge is 2.10. The Bertz CT molecular complexity index is 698. The minimum atomic E-state index is -0.466. The van der Waals surface area contributed by atoms with E-state index < -0.39 is 4.92 Å². The normalized spacial score (nSPS) is 10.6. The second-order valence-electron chi connectivity index (χ2n) is 4.34. The number of aliphatic imine (C=N–C) groups is 1. The Labute approximate surface area is 128 Å². The molecule has 0 N–H and O–H groups in total. The van der Waals surface area contributed by atoms with E-state index in [0.717, 1.165) is 5.56 Å². The van der Waals surface area contributed by atoms with Gasteiger partial charge in [0.15, 0.2) is 0 Å². The number of methoxy groups -OCH3 is 1. The van der Waals surface area contributed by atoms with Crippen LogP contribution in [0.3, 0.4) is 0 Å². The third kappa shape index (κ3) is 3.60. The van der Waals surface area contributed by atoms with Crippen molar-refractivity contribution in [3.8, 4) is 11.5 Å². The highest BCUT2D eigenvalue weighted by molar-refractivity contribution is 5.86. The van der Waals surface area contributed by atoms with Crippen molar-refractivity contribution in [2.24, 2.45) is 4.99 Å². The van der Waals surface area contributed by atoms with E-state index in [1.165, 1.54) is 25.3 Å². The molecule has 0 atom stereocenters. The number of benzene rings is 2. The van der Waals surface area contributed by atoms with E-state index in [1.54, 1.807) is 6.21 Å². The summed E-state index contributed by atoms with van der Waals surface area (Å²) < 4.78 is 10.7. The lowest BCUT2D eigenvalue weighted by Crippen LogP contribution is -1.95. The van der Waals surface area contributed by atoms with Crippen LogP contribution < -0.4 is 9.47 Å². The maximum Gasteiger partial charge on any atom is 0.271 e. The standard InChI is InChI=1S/C16H16N2O4/c1-3-22-15-7-5-4-6-12(15)11-17-14-10-13(18(19)20)8-9-16(14)21-2/h4-11H,3H2,1-2H3. The zero-order chi connectivity index (χ0) is 15.9. The highest BCUT2D eigenvalue weighted by Crippen LogP contribution is 2.31. The molecule has 0 aliphatic carbocycles. The van der Waals surface area contributed by atoms with Gasteiger partial charge in [-0.15, -0.1) is 0 Å². The predicted octanol–water partition coefficient (Wildman–Crippen LogP) is 3.75. The van der Waals surface area contributed by atoms with Crippen molar-refractivity contribution < 1.29 is 14.4 Å². The number of hydrogen-bond acceptors (Lipinski definition) is 5. The largest absolute Gasteiger partial charge is 0.494 e. The minimum Gasteiger partial charge on any atom is -0.494 e. The average molecular weight is 300 g/mol. The van der Waals surface area contributed by atoms with E-state index in [4.69, 9.17) is 9.47 Å². The molecular formula is C16H16N2O4. The Kier molecular flexibility index (Phi) is 5.08. The van der Waals surface area contributed by atoms with Gasteiger partial charge in [-0.25, -0.2) is 0 Å². The fourth-order valence-electron chi connectivity index (χ4n) is 1.91. The van der Waals surface area contributed by atoms with Gasteiger partial charge < -0.3 is 9.47 Å². The molecule has 6 nitrogen and oxygen atoms in total. The molecule has 0 bridgehead atoms. The number of non-ortho nitro benzene ring substituents is 1. The van der Waals surface area contributed by atoms with E-state index in [1.807, 2.05) is 31.2 Å². The lowest BCUT2D eigenvalue weighted by molar-refractivity contribution is -0.384. The van der Waals surface area contributed by atoms with Crippen LogP contribution in [-0.4, -0.2) is 24.9 Å². The van der Waals surface area contributed by atoms with Gasteiger partial charge in [-0.3, -0.25) is 15.1 Å². The molecule has 2 rings (SSSR count). The number of nitro groups is 1. The smallest absolute Gasteiger partial charge is 0.271 e. The zero-order valence-electron chi connectivity index (χ0n) is 12.4. The first kappa shape index (κ1) is 15.5. The second kappa shape index (κ2) is 7.21. The van der Waals surface area contributed by atoms with Crippen LogP contribution >= 0.6 is 0 Å². The molecular weight excluding hydrogens is 284 g/mol. The Morgan fingerprint density at radius 3 is 2.68 bits per heavy atom. The molecule has 0 saturated heterocycles. The maximum atomic E-state index is 10.9. The maximum absolute atomic E-state index is 10.9. The SMILES string of the molecule is CCOc1ccccc1C=Nc1cc([N+](=O)[O-])ccc1OC. The monoisotopic (exact) mass is 300 g/mol. The molecule has 0 fully saturated rings. The van der Waals surface area contributed by atoms with Gasteiger partial charge in [0, 0.05) is 23.9 Å². The van der Waals surface area contributed by atoms with Gasteiger partial charge in [0.2, 0.25) is 0 Å². The Hall–Kier alpha value is -2.89. The van der Waals surface area contributed by atoms with Crippen molar-refractivity contribution in [2.45, 2.75) is 6.92 Å². The summed E-state index contributed by atoms with van der Waals surface area (Å²) in [6.45, 7) is 2.45. The Balaban J connectivity index is 2.37. The molecule has 114 valence electrons. The highest BCUT2D eigenvalue weighted by atomic mass is 16.6. The molecule has 6 heteroatoms. The van der Waals surface area contributed by atoms with Gasteiger partial charge in [0.1, 0.15) is 17.2 Å². The molecule has 0 spiro atoms. The van der Waals surface area contributed by atoms with Crippen LogP contribution in [0.2, 0.25) is 0 Å². The number of hydrogen-bond donors (Lipinski definition) is 0. The third-order valence-electron chi connectivity index (χ3n) is 2.93. The molecule has 0 aliphatic rings. The molecule has 22 heavy (non-hydrogen) atoms. The Morgan fingerprint density at radius 2 is 2.00 bits per heavy atom. The fraction of sp³-hybridized carbons (Fsp3) is 0.188. The van der Waals surface area contributed by atoms with Gasteiger partial charge in [0.05, 0.1) is 18.6 Å². The minimum absolute atomic E-state index is 0.0361. The van der Waals surface area contributed by atoms with Crippen molar-refractivity contribution in [2.75, 3.05) is 13.7 Å². The van der Waals surface area contributed by atoms with Crippen LogP contribution in [-0.2, 0) is 0 Å². The first-order valence-electron chi connectivity index (χ1n) is 6.74. The average Bonchev–Trinajstić information content (AvgIpc) is 2.54. The summed E-state index contributed by atoms with van der Waals surface area (Å²) in [5.41, 5.74) is 1.15. The van der Waals surface area contributed by atoms with Crippen LogP contribution in [0.4, 0.5) is 11.4 Å². The molecule has 0 saturated carbocycles. The molecule has 2 aromatic carbocycles. The van der Waals surface area contributed by atoms with E-state index in [0.29, 0.717) is 23.8 Å². The van der Waals surface area contributed by atoms with Crippen LogP contribution in [0.1, 0.15) is 12.5 Å². The zero-order valence-corrected chi connectivity index (χ0v) is 12.4. The number of nitrogens with zero attached hydrogens (tertiary/aromatic N) is 2. The first-order valence-corrected chi connectivity index (χ1v) is 6.74. The summed E-state index contributed by atoms with van der Waals surface area (Å²) in [4.78, 5) is 14.7. The summed E-state index contributed by atoms with van der Waals surface area (Å²) in [6.07, 6.45) is 1.60. The molecule has 0 aliphatic heterocycles. The predicted molar refractivity (Wildman–Crippen MR) is 84.5 cm³/mol. The number of ether oxygens (including phenoxy) is 2. The first-order chi connectivity index (χ1) is 10.7. The van der Waals surface area contributed by atoms with E-state index in [2.05, 4.69) is 4.99 Å². The number of para-hydroxylation sites is 1. The summed E-state index contributed by atoms with van der Waals surface area (Å²) in [6, 6.07) is 11.7. The van der Waals surface area contributed by atoms with E-state index >= 15 is 0 Å².